The number of alkyl halides is 3. The summed E-state index contributed by atoms with van der Waals surface area (Å²) in [6.45, 7) is 1.30. The number of furan rings is 1. The molecule has 0 amide bonds. The number of hydrogen-bond donors (Lipinski definition) is 2. The van der Waals surface area contributed by atoms with Crippen molar-refractivity contribution >= 4 is 23.8 Å². The predicted octanol–water partition coefficient (Wildman–Crippen LogP) is 4.06. The lowest BCUT2D eigenvalue weighted by molar-refractivity contribution is -0.156. The summed E-state index contributed by atoms with van der Waals surface area (Å²) in [5.74, 6) is -2.48. The van der Waals surface area contributed by atoms with Crippen LogP contribution in [0.15, 0.2) is 16.5 Å². The molecule has 2 aromatic rings. The summed E-state index contributed by atoms with van der Waals surface area (Å²) in [6.07, 6.45) is -4.67. The summed E-state index contributed by atoms with van der Waals surface area (Å²) in [4.78, 5) is 0. The van der Waals surface area contributed by atoms with Crippen LogP contribution in [0.3, 0.4) is 0 Å². The third-order valence-corrected chi connectivity index (χ3v) is 2.97. The highest BCUT2D eigenvalue weighted by atomic mass is 32.1. The molecule has 0 aliphatic heterocycles. The Balaban J connectivity index is 2.69. The summed E-state index contributed by atoms with van der Waals surface area (Å²) in [5.41, 5.74) is -0.399. The number of halogens is 5. The van der Waals surface area contributed by atoms with E-state index in [1.54, 1.807) is 4.72 Å². The molecule has 0 radical (unpaired) electrons. The van der Waals surface area contributed by atoms with Crippen molar-refractivity contribution in [2.24, 2.45) is 0 Å². The Morgan fingerprint density at radius 1 is 1.26 bits per heavy atom. The van der Waals surface area contributed by atoms with Crippen molar-refractivity contribution in [3.05, 3.63) is 35.1 Å². The Bertz CT molecular complexity index is 622. The normalized spacial score (nSPS) is 14.1. The van der Waals surface area contributed by atoms with Gasteiger partial charge >= 0.3 is 6.18 Å². The van der Waals surface area contributed by atoms with Crippen molar-refractivity contribution in [3.8, 4) is 0 Å². The largest absolute Gasteiger partial charge is 0.456 e. The fourth-order valence-electron chi connectivity index (χ4n) is 1.82. The van der Waals surface area contributed by atoms with Gasteiger partial charge in [0.2, 0.25) is 0 Å². The van der Waals surface area contributed by atoms with Crippen LogP contribution in [-0.2, 0) is 0 Å². The van der Waals surface area contributed by atoms with Crippen LogP contribution in [0.5, 0.6) is 0 Å². The first-order valence-electron chi connectivity index (χ1n) is 5.10. The molecule has 19 heavy (non-hydrogen) atoms. The fraction of sp³-hybridized carbons (Fsp3) is 0.273. The van der Waals surface area contributed by atoms with Crippen molar-refractivity contribution in [1.29, 1.82) is 0 Å². The minimum absolute atomic E-state index is 0.0114. The maximum atomic E-state index is 13.4. The number of rotatable bonds is 2. The third-order valence-electron chi connectivity index (χ3n) is 2.71. The molecule has 2 rings (SSSR count). The highest BCUT2D eigenvalue weighted by molar-refractivity contribution is 7.78. The zero-order valence-corrected chi connectivity index (χ0v) is 10.4. The monoisotopic (exact) mass is 297 g/mol. The molecule has 8 heteroatoms. The van der Waals surface area contributed by atoms with Crippen LogP contribution in [0.1, 0.15) is 17.4 Å². The van der Waals surface area contributed by atoms with Gasteiger partial charge in [0.05, 0.1) is 0 Å². The summed E-state index contributed by atoms with van der Waals surface area (Å²) in [5, 5.41) is -0.0367. The lowest BCUT2D eigenvalue weighted by atomic mass is 10.1. The second kappa shape index (κ2) is 4.68. The van der Waals surface area contributed by atoms with E-state index in [9.17, 15) is 22.0 Å². The summed E-state index contributed by atoms with van der Waals surface area (Å²) in [6, 6.07) is -0.732. The zero-order chi connectivity index (χ0) is 14.4. The van der Waals surface area contributed by atoms with Crippen LogP contribution in [0.25, 0.3) is 11.0 Å². The number of benzene rings is 1. The van der Waals surface area contributed by atoms with Gasteiger partial charge in [0, 0.05) is 17.0 Å². The topological polar surface area (TPSA) is 25.2 Å². The molecule has 104 valence electrons. The van der Waals surface area contributed by atoms with Crippen LogP contribution >= 0.6 is 12.8 Å². The Morgan fingerprint density at radius 3 is 2.42 bits per heavy atom. The van der Waals surface area contributed by atoms with Crippen molar-refractivity contribution < 1.29 is 26.4 Å². The average Bonchev–Trinajstić information content (AvgIpc) is 2.57. The van der Waals surface area contributed by atoms with Gasteiger partial charge in [-0.2, -0.15) is 13.2 Å². The molecule has 0 aliphatic carbocycles. The number of thiol groups is 1. The van der Waals surface area contributed by atoms with E-state index in [1.165, 1.54) is 6.92 Å². The smallest absolute Gasteiger partial charge is 0.411 e. The fourth-order valence-corrected chi connectivity index (χ4v) is 2.08. The van der Waals surface area contributed by atoms with Crippen LogP contribution < -0.4 is 4.72 Å². The second-order valence-corrected chi connectivity index (χ2v) is 4.22. The Hall–Kier alpha value is -1.28. The molecule has 1 aromatic heterocycles. The van der Waals surface area contributed by atoms with Gasteiger partial charge in [0.15, 0.2) is 17.4 Å². The number of fused-ring (bicyclic) bond motifs is 1. The van der Waals surface area contributed by atoms with Crippen LogP contribution in [0.4, 0.5) is 22.0 Å². The zero-order valence-electron chi connectivity index (χ0n) is 9.48. The standard InChI is InChI=1S/C11H8F5NOS/c1-4-6-2-5(12)3-7(13)9(6)18-8(4)10(17-19)11(14,15)16/h2-3,10,17,19H,1H3. The summed E-state index contributed by atoms with van der Waals surface area (Å²) in [7, 11) is 0. The van der Waals surface area contributed by atoms with Gasteiger partial charge in [0.1, 0.15) is 11.6 Å². The lowest BCUT2D eigenvalue weighted by Crippen LogP contribution is -2.29. The Morgan fingerprint density at radius 2 is 1.89 bits per heavy atom. The van der Waals surface area contributed by atoms with E-state index >= 15 is 0 Å². The average molecular weight is 297 g/mol. The van der Waals surface area contributed by atoms with Gasteiger partial charge in [-0.05, 0) is 13.0 Å². The Kier molecular flexibility index (Phi) is 3.48. The van der Waals surface area contributed by atoms with E-state index in [0.717, 1.165) is 6.07 Å². The Labute approximate surface area is 110 Å². The van der Waals surface area contributed by atoms with Crippen LogP contribution in [-0.4, -0.2) is 6.18 Å². The molecule has 0 saturated carbocycles. The summed E-state index contributed by atoms with van der Waals surface area (Å²) < 4.78 is 71.4. The third kappa shape index (κ3) is 2.42. The molecule has 1 unspecified atom stereocenters. The molecule has 0 spiro atoms. The number of nitrogens with one attached hydrogen (secondary N) is 1. The SMILES string of the molecule is Cc1c(C(NS)C(F)(F)F)oc2c(F)cc(F)cc12. The number of hydrogen-bond acceptors (Lipinski definition) is 3. The van der Waals surface area contributed by atoms with E-state index in [4.69, 9.17) is 4.42 Å². The molecular weight excluding hydrogens is 289 g/mol. The first kappa shape index (κ1) is 14.1. The van der Waals surface area contributed by atoms with Crippen molar-refractivity contribution in [1.82, 2.24) is 4.72 Å². The number of aryl methyl sites for hydroxylation is 1. The van der Waals surface area contributed by atoms with Gasteiger partial charge < -0.3 is 4.42 Å². The molecular formula is C11H8F5NOS. The van der Waals surface area contributed by atoms with Gasteiger partial charge in [-0.3, -0.25) is 0 Å². The molecule has 1 heterocycles. The van der Waals surface area contributed by atoms with Crippen molar-refractivity contribution in [2.75, 3.05) is 0 Å². The maximum Gasteiger partial charge on any atom is 0.411 e. The van der Waals surface area contributed by atoms with E-state index in [2.05, 4.69) is 12.8 Å². The minimum atomic E-state index is -4.67. The van der Waals surface area contributed by atoms with E-state index in [0.29, 0.717) is 6.07 Å². The highest BCUT2D eigenvalue weighted by Crippen LogP contribution is 2.39. The molecule has 0 bridgehead atoms. The van der Waals surface area contributed by atoms with Gasteiger partial charge in [-0.1, -0.05) is 12.8 Å². The molecule has 2 nitrogen and oxygen atoms in total. The minimum Gasteiger partial charge on any atom is -0.456 e. The van der Waals surface area contributed by atoms with Crippen molar-refractivity contribution in [2.45, 2.75) is 19.1 Å². The van der Waals surface area contributed by atoms with Gasteiger partial charge in [0.25, 0.3) is 0 Å². The van der Waals surface area contributed by atoms with Crippen LogP contribution in [0.2, 0.25) is 0 Å². The van der Waals surface area contributed by atoms with E-state index in [1.807, 2.05) is 0 Å². The highest BCUT2D eigenvalue weighted by Gasteiger charge is 2.43. The van der Waals surface area contributed by atoms with Crippen molar-refractivity contribution in [3.63, 3.8) is 0 Å². The summed E-state index contributed by atoms with van der Waals surface area (Å²) >= 11 is 3.40. The first-order valence-corrected chi connectivity index (χ1v) is 5.54. The molecule has 1 N–H and O–H groups in total. The molecule has 0 aliphatic rings. The molecule has 1 atom stereocenters. The molecule has 0 fully saturated rings. The lowest BCUT2D eigenvalue weighted by Gasteiger charge is -2.17. The predicted molar refractivity (Wildman–Crippen MR) is 61.8 cm³/mol. The van der Waals surface area contributed by atoms with Gasteiger partial charge in [-0.25, -0.2) is 13.5 Å². The van der Waals surface area contributed by atoms with E-state index < -0.39 is 35.2 Å². The quantitative estimate of drug-likeness (QED) is 0.645. The first-order chi connectivity index (χ1) is 8.75. The molecule has 1 aromatic carbocycles. The molecule has 0 saturated heterocycles. The van der Waals surface area contributed by atoms with E-state index in [-0.39, 0.29) is 10.9 Å². The van der Waals surface area contributed by atoms with Crippen LogP contribution in [0, 0.1) is 18.6 Å². The van der Waals surface area contributed by atoms with Gasteiger partial charge in [-0.15, -0.1) is 0 Å². The second-order valence-electron chi connectivity index (χ2n) is 3.96. The maximum absolute atomic E-state index is 13.4.